The third kappa shape index (κ3) is 18.7. The first-order valence-electron chi connectivity index (χ1n) is 23.5. The number of esters is 2. The quantitative estimate of drug-likeness (QED) is 0.0503. The van der Waals surface area contributed by atoms with E-state index in [2.05, 4.69) is 27.8 Å². The van der Waals surface area contributed by atoms with Gasteiger partial charge in [-0.3, -0.25) is 33.6 Å². The lowest BCUT2D eigenvalue weighted by Gasteiger charge is -2.37. The molecule has 1 aromatic carbocycles. The Hall–Kier alpha value is -6.42. The molecule has 0 aliphatic heterocycles. The molecule has 6 N–H and O–H groups in total. The molecule has 0 fully saturated rings. The maximum Gasteiger partial charge on any atom is 0.331 e. The monoisotopic (exact) mass is 1000 g/mol. The molecular formula is C49H77N7O15. The fourth-order valence-corrected chi connectivity index (χ4v) is 7.14. The summed E-state index contributed by atoms with van der Waals surface area (Å²) in [5, 5.41) is 31.0. The summed E-state index contributed by atoms with van der Waals surface area (Å²) in [7, 11) is 4.84. The number of carbonyl (C=O) groups is 10. The number of ether oxygens (including phenoxy) is 3. The first-order chi connectivity index (χ1) is 32.9. The van der Waals surface area contributed by atoms with Gasteiger partial charge in [0.15, 0.2) is 18.2 Å². The van der Waals surface area contributed by atoms with Crippen LogP contribution in [0.25, 0.3) is 0 Å². The Morgan fingerprint density at radius 3 is 1.77 bits per heavy atom. The van der Waals surface area contributed by atoms with Gasteiger partial charge >= 0.3 is 17.9 Å². The minimum atomic E-state index is -1.82. The van der Waals surface area contributed by atoms with E-state index in [9.17, 15) is 58.2 Å². The van der Waals surface area contributed by atoms with Crippen LogP contribution in [0.4, 0.5) is 0 Å². The van der Waals surface area contributed by atoms with Crippen LogP contribution >= 0.6 is 0 Å². The summed E-state index contributed by atoms with van der Waals surface area (Å²) >= 11 is 0. The summed E-state index contributed by atoms with van der Waals surface area (Å²) in [6.45, 7) is 20.5. The number of likely N-dealkylation sites (N-methyl/N-ethyl adjacent to an activating group) is 3. The van der Waals surface area contributed by atoms with Crippen LogP contribution in [0.5, 0.6) is 0 Å². The lowest BCUT2D eigenvalue weighted by molar-refractivity contribution is -0.167. The van der Waals surface area contributed by atoms with E-state index in [-0.39, 0.29) is 25.2 Å². The average Bonchev–Trinajstić information content (AvgIpc) is 3.31. The number of aliphatic hydroxyl groups excluding tert-OH is 1. The van der Waals surface area contributed by atoms with Crippen molar-refractivity contribution in [3.05, 3.63) is 48.2 Å². The molecule has 1 rings (SSSR count). The molecule has 7 amide bonds. The molecule has 0 aliphatic rings. The van der Waals surface area contributed by atoms with Crippen molar-refractivity contribution in [2.24, 2.45) is 17.8 Å². The summed E-state index contributed by atoms with van der Waals surface area (Å²) in [4.78, 5) is 137. The van der Waals surface area contributed by atoms with Crippen LogP contribution in [-0.4, -0.2) is 173 Å². The van der Waals surface area contributed by atoms with E-state index in [4.69, 9.17) is 14.2 Å². The lowest BCUT2D eigenvalue weighted by atomic mass is 9.95. The van der Waals surface area contributed by atoms with E-state index >= 15 is 0 Å². The summed E-state index contributed by atoms with van der Waals surface area (Å²) in [6.07, 6.45) is -5.48. The van der Waals surface area contributed by atoms with E-state index in [1.807, 2.05) is 13.8 Å². The first kappa shape index (κ1) is 62.6. The van der Waals surface area contributed by atoms with E-state index in [1.165, 1.54) is 55.8 Å². The smallest absolute Gasteiger partial charge is 0.331 e. The third-order valence-electron chi connectivity index (χ3n) is 11.7. The lowest BCUT2D eigenvalue weighted by Crippen LogP contribution is -2.63. The number of carbonyl (C=O) groups excluding carboxylic acids is 9. The van der Waals surface area contributed by atoms with Gasteiger partial charge in [0.05, 0.1) is 12.2 Å². The van der Waals surface area contributed by atoms with Crippen molar-refractivity contribution in [3.8, 4) is 0 Å². The number of hydrogen-bond acceptors (Lipinski definition) is 14. The van der Waals surface area contributed by atoms with Crippen molar-refractivity contribution in [1.82, 2.24) is 36.0 Å². The van der Waals surface area contributed by atoms with Gasteiger partial charge in [-0.15, -0.1) is 0 Å². The molecule has 0 bridgehead atoms. The summed E-state index contributed by atoms with van der Waals surface area (Å²) in [5.41, 5.74) is 0.168. The predicted molar refractivity (Wildman–Crippen MR) is 259 cm³/mol. The average molecular weight is 1000 g/mol. The second-order valence-electron chi connectivity index (χ2n) is 18.6. The van der Waals surface area contributed by atoms with Crippen LogP contribution < -0.4 is 21.3 Å². The van der Waals surface area contributed by atoms with Crippen molar-refractivity contribution in [1.29, 1.82) is 0 Å². The minimum absolute atomic E-state index is 0.0345. The number of nitrogens with zero attached hydrogens (tertiary/aromatic N) is 3. The van der Waals surface area contributed by atoms with Crippen molar-refractivity contribution in [2.45, 2.75) is 156 Å². The Balaban J connectivity index is 3.50. The summed E-state index contributed by atoms with van der Waals surface area (Å²) < 4.78 is 16.7. The molecule has 0 spiro atoms. The number of methoxy groups -OCH3 is 1. The highest BCUT2D eigenvalue weighted by molar-refractivity contribution is 6.01. The molecule has 0 saturated carbocycles. The molecule has 22 heteroatoms. The minimum Gasteiger partial charge on any atom is -0.480 e. The van der Waals surface area contributed by atoms with Crippen LogP contribution in [-0.2, 0) is 68.6 Å². The zero-order valence-corrected chi connectivity index (χ0v) is 43.8. The van der Waals surface area contributed by atoms with E-state index < -0.39 is 137 Å². The van der Waals surface area contributed by atoms with Gasteiger partial charge in [-0.05, 0) is 50.5 Å². The van der Waals surface area contributed by atoms with Gasteiger partial charge in [-0.2, -0.15) is 0 Å². The number of nitrogens with one attached hydrogen (secondary N) is 4. The Kier molecular flexibility index (Phi) is 25.6. The van der Waals surface area contributed by atoms with Gasteiger partial charge in [0.1, 0.15) is 36.0 Å². The first-order valence-corrected chi connectivity index (χ1v) is 23.5. The normalized spacial score (nSPS) is 15.5. The Bertz CT molecular complexity index is 2050. The standard InChI is InChI=1S/C49H77N7O15/c1-17-36(58)52-37(40(59)26(4)5)49(68)71-41(27(6)7)38(46(64)56(15)39(47(65)66)31(11)69-16)53-43(61)30(10)54(13)44(62)28(8)50-42(60)29(9)55(14)45(63)35(24-33-21-19-18-20-22-33)70-48(67)34(23-25(2)3)51-32(12)57/h18-22,25-28,30-31,34-35,37-41,59H,9,17,23-24H2,1-8,10-16H3,(H,50,60)(H,51,57)(H,52,58)(H,53,61)(H,65,66)/t28-,30-,31+,34-,35+,37-,38-,39-,40+,41+/m0/s1. The number of amides is 7. The zero-order chi connectivity index (χ0) is 54.8. The highest BCUT2D eigenvalue weighted by Gasteiger charge is 2.44. The van der Waals surface area contributed by atoms with Gasteiger partial charge in [0.25, 0.3) is 11.8 Å². The van der Waals surface area contributed by atoms with E-state index in [0.29, 0.717) is 5.56 Å². The number of rotatable bonds is 28. The second-order valence-corrected chi connectivity index (χ2v) is 18.6. The fraction of sp³-hybridized carbons (Fsp3) is 0.633. The maximum absolute atomic E-state index is 14.4. The number of carboxylic acids is 1. The molecule has 0 unspecified atom stereocenters. The van der Waals surface area contributed by atoms with Crippen LogP contribution in [0, 0.1) is 17.8 Å². The van der Waals surface area contributed by atoms with Gasteiger partial charge in [-0.1, -0.05) is 85.4 Å². The van der Waals surface area contributed by atoms with Crippen LogP contribution in [0.3, 0.4) is 0 Å². The molecule has 0 saturated heterocycles. The van der Waals surface area contributed by atoms with Gasteiger partial charge in [0, 0.05) is 48.0 Å². The molecule has 0 heterocycles. The third-order valence-corrected chi connectivity index (χ3v) is 11.7. The van der Waals surface area contributed by atoms with Crippen LogP contribution in [0.1, 0.15) is 94.6 Å². The molecule has 0 radical (unpaired) electrons. The van der Waals surface area contributed by atoms with Crippen molar-refractivity contribution < 1.29 is 72.4 Å². The molecule has 0 aliphatic carbocycles. The van der Waals surface area contributed by atoms with E-state index in [1.54, 1.807) is 58.0 Å². The second kappa shape index (κ2) is 29.1. The number of benzene rings is 1. The molecule has 398 valence electrons. The van der Waals surface area contributed by atoms with Gasteiger partial charge in [0.2, 0.25) is 29.5 Å². The molecule has 22 nitrogen and oxygen atoms in total. The Labute approximate surface area is 416 Å². The van der Waals surface area contributed by atoms with Gasteiger partial charge in [-0.25, -0.2) is 14.4 Å². The molecule has 10 atom stereocenters. The van der Waals surface area contributed by atoms with Crippen molar-refractivity contribution in [2.75, 3.05) is 28.3 Å². The summed E-state index contributed by atoms with van der Waals surface area (Å²) in [6, 6.07) is -0.279. The van der Waals surface area contributed by atoms with Crippen LogP contribution in [0.2, 0.25) is 0 Å². The highest BCUT2D eigenvalue weighted by atomic mass is 16.6. The van der Waals surface area contributed by atoms with Gasteiger partial charge < -0.3 is 60.4 Å². The highest BCUT2D eigenvalue weighted by Crippen LogP contribution is 2.21. The number of carboxylic acid groups (broad SMARTS) is 1. The topological polar surface area (TPSA) is 297 Å². The molecule has 1 aromatic rings. The molecule has 0 aromatic heterocycles. The Morgan fingerprint density at radius 2 is 1.30 bits per heavy atom. The van der Waals surface area contributed by atoms with E-state index in [0.717, 1.165) is 21.7 Å². The number of aliphatic carboxylic acids is 1. The largest absolute Gasteiger partial charge is 0.480 e. The SMILES string of the molecule is C=C(C(=O)N[C@@H](C)C(=O)N(C)[C@@H](C)C(=O)N[C@H](C(=O)N(C)[C@H](C(=O)O)[C@@H](C)OC)[C@H](OC(=O)[C@@H](NC(=O)CC)[C@H](O)C(C)C)C(C)C)N(C)C(=O)[C@@H](Cc1ccccc1)OC(=O)[C@H](CC(C)C)NC(C)=O. The molecular weight excluding hydrogens is 927 g/mol. The summed E-state index contributed by atoms with van der Waals surface area (Å²) in [5.74, 6) is -10.6. The number of hydrogen-bond donors (Lipinski definition) is 6. The Morgan fingerprint density at radius 1 is 0.718 bits per heavy atom. The fourth-order valence-electron chi connectivity index (χ4n) is 7.14. The zero-order valence-electron chi connectivity index (χ0n) is 43.8. The van der Waals surface area contributed by atoms with Crippen molar-refractivity contribution in [3.63, 3.8) is 0 Å². The van der Waals surface area contributed by atoms with Crippen molar-refractivity contribution >= 4 is 59.3 Å². The molecule has 71 heavy (non-hydrogen) atoms. The maximum atomic E-state index is 14.4. The number of aliphatic hydroxyl groups is 1. The van der Waals surface area contributed by atoms with Crippen LogP contribution in [0.15, 0.2) is 42.6 Å². The predicted octanol–water partition coefficient (Wildman–Crippen LogP) is 0.926.